The first kappa shape index (κ1) is 22.7. The molecule has 0 fully saturated rings. The minimum Gasteiger partial charge on any atom is -0.497 e. The van der Waals surface area contributed by atoms with Crippen LogP contribution in [0.3, 0.4) is 0 Å². The molecular formula is C24H28N6O3. The highest BCUT2D eigenvalue weighted by Crippen LogP contribution is 2.29. The van der Waals surface area contributed by atoms with Crippen LogP contribution in [0.5, 0.6) is 5.75 Å². The lowest BCUT2D eigenvalue weighted by Crippen LogP contribution is -2.24. The lowest BCUT2D eigenvalue weighted by molar-refractivity contribution is 0.0444. The average molecular weight is 449 g/mol. The Balaban J connectivity index is 1.70. The number of aliphatic hydroxyl groups excluding tert-OH is 1. The molecule has 4 rings (SSSR count). The van der Waals surface area contributed by atoms with Gasteiger partial charge in [0, 0.05) is 24.5 Å². The molecule has 9 heteroatoms. The number of pyridine rings is 1. The number of hydrogen-bond acceptors (Lipinski definition) is 9. The van der Waals surface area contributed by atoms with Crippen molar-refractivity contribution in [3.63, 3.8) is 0 Å². The second kappa shape index (κ2) is 9.95. The number of nitrogens with one attached hydrogen (secondary N) is 3. The molecule has 0 aliphatic carbocycles. The van der Waals surface area contributed by atoms with E-state index in [1.807, 2.05) is 42.5 Å². The second-order valence-electron chi connectivity index (χ2n) is 7.98. The van der Waals surface area contributed by atoms with E-state index in [0.29, 0.717) is 54.0 Å². The molecule has 2 bridgehead atoms. The average Bonchev–Trinajstić information content (AvgIpc) is 2.81. The zero-order valence-corrected chi connectivity index (χ0v) is 18.6. The molecule has 33 heavy (non-hydrogen) atoms. The fraction of sp³-hybridized carbons (Fsp3) is 0.292. The molecule has 0 amide bonds. The van der Waals surface area contributed by atoms with Gasteiger partial charge in [0.1, 0.15) is 29.2 Å². The lowest BCUT2D eigenvalue weighted by atomic mass is 9.95. The van der Waals surface area contributed by atoms with E-state index in [1.165, 1.54) is 0 Å². The Morgan fingerprint density at radius 2 is 2.00 bits per heavy atom. The third-order valence-corrected chi connectivity index (χ3v) is 5.38. The van der Waals surface area contributed by atoms with Crippen molar-refractivity contribution in [2.75, 3.05) is 24.3 Å². The van der Waals surface area contributed by atoms with Gasteiger partial charge in [-0.05, 0) is 44.0 Å². The molecule has 0 saturated heterocycles. The van der Waals surface area contributed by atoms with Gasteiger partial charge in [-0.1, -0.05) is 24.3 Å². The van der Waals surface area contributed by atoms with Crippen LogP contribution in [0, 0.1) is 0 Å². The van der Waals surface area contributed by atoms with Crippen molar-refractivity contribution in [3.8, 4) is 5.75 Å². The number of nitrogens with zero attached hydrogens (tertiary/aromatic N) is 3. The maximum absolute atomic E-state index is 10.9. The number of methoxy groups -OCH3 is 1. The normalized spacial score (nSPS) is 21.8. The summed E-state index contributed by atoms with van der Waals surface area (Å²) in [5.74, 6) is 1.93. The number of aliphatic hydroxyl groups is 2. The molecular weight excluding hydrogens is 420 g/mol. The van der Waals surface area contributed by atoms with Crippen molar-refractivity contribution in [3.05, 3.63) is 72.1 Å². The molecule has 5 N–H and O–H groups in total. The van der Waals surface area contributed by atoms with Gasteiger partial charge in [0.2, 0.25) is 5.95 Å². The highest BCUT2D eigenvalue weighted by atomic mass is 16.5. The Labute approximate surface area is 192 Å². The summed E-state index contributed by atoms with van der Waals surface area (Å²) in [4.78, 5) is 13.5. The van der Waals surface area contributed by atoms with Crippen molar-refractivity contribution < 1.29 is 14.9 Å². The van der Waals surface area contributed by atoms with Crippen LogP contribution >= 0.6 is 0 Å². The molecule has 1 aliphatic rings. The maximum atomic E-state index is 10.9. The van der Waals surface area contributed by atoms with E-state index in [-0.39, 0.29) is 0 Å². The van der Waals surface area contributed by atoms with Gasteiger partial charge in [0.05, 0.1) is 18.4 Å². The van der Waals surface area contributed by atoms with Crippen LogP contribution in [0.15, 0.2) is 60.8 Å². The van der Waals surface area contributed by atoms with Crippen molar-refractivity contribution in [2.24, 2.45) is 0 Å². The molecule has 0 radical (unpaired) electrons. The summed E-state index contributed by atoms with van der Waals surface area (Å²) >= 11 is 0. The monoisotopic (exact) mass is 448 g/mol. The summed E-state index contributed by atoms with van der Waals surface area (Å²) in [5, 5.41) is 31.0. The van der Waals surface area contributed by atoms with Gasteiger partial charge in [-0.3, -0.25) is 5.32 Å². The number of rotatable bonds is 3. The molecule has 3 aromatic rings. The van der Waals surface area contributed by atoms with Crippen molar-refractivity contribution >= 4 is 23.3 Å². The van der Waals surface area contributed by atoms with E-state index >= 15 is 0 Å². The summed E-state index contributed by atoms with van der Waals surface area (Å²) in [7, 11) is 1.60. The SMILES string of the molecule is COc1cccc(Nc2ncc3c(n2)Nc2cccc(n2)[C@@](C)(O)CC/C=C\CNC3O)c1. The van der Waals surface area contributed by atoms with Gasteiger partial charge in [0.25, 0.3) is 0 Å². The quantitative estimate of drug-likeness (QED) is 0.383. The molecule has 9 nitrogen and oxygen atoms in total. The van der Waals surface area contributed by atoms with Crippen LogP contribution in [0.25, 0.3) is 0 Å². The number of hydrogen-bond donors (Lipinski definition) is 5. The van der Waals surface area contributed by atoms with Gasteiger partial charge in [-0.2, -0.15) is 4.98 Å². The van der Waals surface area contributed by atoms with E-state index in [9.17, 15) is 10.2 Å². The Kier molecular flexibility index (Phi) is 6.83. The van der Waals surface area contributed by atoms with E-state index in [1.54, 1.807) is 32.4 Å². The topological polar surface area (TPSA) is 124 Å². The van der Waals surface area contributed by atoms with E-state index in [0.717, 1.165) is 5.69 Å². The number of fused-ring (bicyclic) bond motifs is 3. The summed E-state index contributed by atoms with van der Waals surface area (Å²) in [6.07, 6.45) is 5.67. The molecule has 1 unspecified atom stereocenters. The molecule has 1 aliphatic heterocycles. The third kappa shape index (κ3) is 5.64. The Hall–Kier alpha value is -3.53. The first-order valence-corrected chi connectivity index (χ1v) is 10.8. The van der Waals surface area contributed by atoms with E-state index in [2.05, 4.69) is 30.9 Å². The van der Waals surface area contributed by atoms with E-state index in [4.69, 9.17) is 4.74 Å². The predicted octanol–water partition coefficient (Wildman–Crippen LogP) is 3.51. The van der Waals surface area contributed by atoms with E-state index < -0.39 is 11.8 Å². The number of allylic oxidation sites excluding steroid dienone is 1. The molecule has 2 aromatic heterocycles. The number of ether oxygens (including phenoxy) is 1. The minimum absolute atomic E-state index is 0.339. The molecule has 2 atom stereocenters. The first-order valence-electron chi connectivity index (χ1n) is 10.8. The largest absolute Gasteiger partial charge is 0.497 e. The van der Waals surface area contributed by atoms with Crippen LogP contribution in [-0.4, -0.2) is 38.8 Å². The number of benzene rings is 1. The smallest absolute Gasteiger partial charge is 0.229 e. The molecule has 1 aromatic carbocycles. The lowest BCUT2D eigenvalue weighted by Gasteiger charge is -2.23. The van der Waals surface area contributed by atoms with Crippen LogP contribution in [0.2, 0.25) is 0 Å². The van der Waals surface area contributed by atoms with Gasteiger partial charge in [0.15, 0.2) is 0 Å². The zero-order valence-electron chi connectivity index (χ0n) is 18.6. The molecule has 3 heterocycles. The highest BCUT2D eigenvalue weighted by Gasteiger charge is 2.24. The molecule has 172 valence electrons. The van der Waals surface area contributed by atoms with Crippen molar-refractivity contribution in [2.45, 2.75) is 31.6 Å². The maximum Gasteiger partial charge on any atom is 0.229 e. The molecule has 0 saturated carbocycles. The number of aromatic nitrogens is 3. The summed E-state index contributed by atoms with van der Waals surface area (Å²) in [5.41, 5.74) is 0.708. The van der Waals surface area contributed by atoms with Crippen LogP contribution < -0.4 is 20.7 Å². The number of anilines is 4. The van der Waals surface area contributed by atoms with Gasteiger partial charge >= 0.3 is 0 Å². The minimum atomic E-state index is -1.08. The molecule has 0 spiro atoms. The predicted molar refractivity (Wildman–Crippen MR) is 127 cm³/mol. The van der Waals surface area contributed by atoms with Gasteiger partial charge in [-0.15, -0.1) is 0 Å². The standard InChI is InChI=1S/C24H28N6O3/c1-24(32)12-4-3-5-13-25-22(31)18-15-26-23(27-16-8-6-9-17(14-16)33-2)30-21(18)29-20-11-7-10-19(24)28-20/h3,5-11,14-15,22,25,31-32H,4,12-13H2,1-2H3,(H2,26,27,28,29,30)/b5-3-/t22?,24-/m0/s1. The van der Waals surface area contributed by atoms with Crippen molar-refractivity contribution in [1.29, 1.82) is 0 Å². The second-order valence-corrected chi connectivity index (χ2v) is 7.98. The Bertz CT molecular complexity index is 1130. The zero-order chi connectivity index (χ0) is 23.3. The first-order chi connectivity index (χ1) is 15.9. The highest BCUT2D eigenvalue weighted by molar-refractivity contribution is 5.61. The Morgan fingerprint density at radius 1 is 1.15 bits per heavy atom. The summed E-state index contributed by atoms with van der Waals surface area (Å²) < 4.78 is 5.27. The van der Waals surface area contributed by atoms with Crippen LogP contribution in [0.1, 0.15) is 37.3 Å². The summed E-state index contributed by atoms with van der Waals surface area (Å²) in [6.45, 7) is 2.21. The fourth-order valence-electron chi connectivity index (χ4n) is 3.49. The van der Waals surface area contributed by atoms with Crippen LogP contribution in [0.4, 0.5) is 23.3 Å². The summed E-state index contributed by atoms with van der Waals surface area (Å²) in [6, 6.07) is 12.8. The Morgan fingerprint density at radius 3 is 2.85 bits per heavy atom. The van der Waals surface area contributed by atoms with Crippen LogP contribution in [-0.2, 0) is 5.60 Å². The van der Waals surface area contributed by atoms with Gasteiger partial charge in [-0.25, -0.2) is 9.97 Å². The van der Waals surface area contributed by atoms with Gasteiger partial charge < -0.3 is 25.6 Å². The third-order valence-electron chi connectivity index (χ3n) is 5.38. The fourth-order valence-corrected chi connectivity index (χ4v) is 3.49. The van der Waals surface area contributed by atoms with Crippen molar-refractivity contribution in [1.82, 2.24) is 20.3 Å².